The van der Waals surface area contributed by atoms with Crippen LogP contribution >= 0.6 is 0 Å². The minimum absolute atomic E-state index is 0.0451. The van der Waals surface area contributed by atoms with E-state index in [1.807, 2.05) is 0 Å². The van der Waals surface area contributed by atoms with E-state index in [1.165, 1.54) is 6.20 Å². The van der Waals surface area contributed by atoms with Crippen LogP contribution in [0.2, 0.25) is 0 Å². The summed E-state index contributed by atoms with van der Waals surface area (Å²) < 4.78 is 0. The zero-order valence-corrected chi connectivity index (χ0v) is 6.90. The van der Waals surface area contributed by atoms with E-state index in [2.05, 4.69) is 15.2 Å². The number of aromatic nitrogens is 3. The van der Waals surface area contributed by atoms with Crippen molar-refractivity contribution in [3.63, 3.8) is 0 Å². The Hall–Kier alpha value is -1.91. The molecular weight excluding hydrogens is 170 g/mol. The number of nitrogens with one attached hydrogen (secondary N) is 1. The number of carbonyl (C=O) groups is 1. The second-order valence-corrected chi connectivity index (χ2v) is 2.75. The van der Waals surface area contributed by atoms with Crippen LogP contribution in [0.3, 0.4) is 0 Å². The summed E-state index contributed by atoms with van der Waals surface area (Å²) in [6, 6.07) is 1.76. The summed E-state index contributed by atoms with van der Waals surface area (Å²) in [5, 5.41) is 15.8. The Bertz CT molecular complexity index is 475. The van der Waals surface area contributed by atoms with Crippen LogP contribution in [0.5, 0.6) is 0 Å². The first-order valence-electron chi connectivity index (χ1n) is 3.72. The summed E-state index contributed by atoms with van der Waals surface area (Å²) in [4.78, 5) is 14.7. The van der Waals surface area contributed by atoms with E-state index in [1.54, 1.807) is 13.0 Å². The maximum atomic E-state index is 10.8. The molecule has 13 heavy (non-hydrogen) atoms. The van der Waals surface area contributed by atoms with Crippen molar-refractivity contribution < 1.29 is 9.90 Å². The minimum Gasteiger partial charge on any atom is -0.476 e. The first kappa shape index (κ1) is 7.72. The largest absolute Gasteiger partial charge is 0.476 e. The van der Waals surface area contributed by atoms with E-state index in [0.717, 1.165) is 0 Å². The highest BCUT2D eigenvalue weighted by Gasteiger charge is 2.11. The molecule has 0 aromatic carbocycles. The van der Waals surface area contributed by atoms with Gasteiger partial charge in [0.15, 0.2) is 5.69 Å². The highest BCUT2D eigenvalue weighted by Crippen LogP contribution is 2.15. The predicted molar refractivity (Wildman–Crippen MR) is 45.6 cm³/mol. The van der Waals surface area contributed by atoms with Gasteiger partial charge in [-0.2, -0.15) is 5.10 Å². The number of H-pyrrole nitrogens is 1. The molecule has 2 aromatic rings. The van der Waals surface area contributed by atoms with Crippen molar-refractivity contribution in [2.24, 2.45) is 0 Å². The van der Waals surface area contributed by atoms with Gasteiger partial charge in [0.1, 0.15) is 0 Å². The van der Waals surface area contributed by atoms with Crippen molar-refractivity contribution in [3.05, 3.63) is 23.7 Å². The van der Waals surface area contributed by atoms with E-state index in [4.69, 9.17) is 5.11 Å². The van der Waals surface area contributed by atoms with Gasteiger partial charge in [0.2, 0.25) is 0 Å². The highest BCUT2D eigenvalue weighted by molar-refractivity contribution is 6.00. The standard InChI is InChI=1S/C8H7N3O2/c1-4-2-6-5(3-9-11-6)7(10-4)8(12)13/h2-3H,1H3,(H,9,11)(H,12,13). The molecule has 5 nitrogen and oxygen atoms in total. The molecule has 0 fully saturated rings. The van der Waals surface area contributed by atoms with Crippen LogP contribution in [0.4, 0.5) is 0 Å². The van der Waals surface area contributed by atoms with Crippen LogP contribution in [0.1, 0.15) is 16.2 Å². The van der Waals surface area contributed by atoms with Crippen molar-refractivity contribution in [1.82, 2.24) is 15.2 Å². The average Bonchev–Trinajstić information content (AvgIpc) is 2.49. The summed E-state index contributed by atoms with van der Waals surface area (Å²) in [7, 11) is 0. The molecule has 0 saturated carbocycles. The molecule has 2 N–H and O–H groups in total. The summed E-state index contributed by atoms with van der Waals surface area (Å²) in [5.41, 5.74) is 1.41. The molecule has 0 radical (unpaired) electrons. The number of nitrogens with zero attached hydrogens (tertiary/aromatic N) is 2. The number of aromatic carboxylic acids is 1. The molecule has 0 spiro atoms. The lowest BCUT2D eigenvalue weighted by molar-refractivity contribution is 0.0692. The Morgan fingerprint density at radius 3 is 3.08 bits per heavy atom. The molecule has 0 amide bonds. The maximum absolute atomic E-state index is 10.8. The smallest absolute Gasteiger partial charge is 0.355 e. The van der Waals surface area contributed by atoms with Gasteiger partial charge < -0.3 is 5.11 Å². The Balaban J connectivity index is 2.84. The lowest BCUT2D eigenvalue weighted by Gasteiger charge is -1.97. The van der Waals surface area contributed by atoms with Crippen molar-refractivity contribution in [3.8, 4) is 0 Å². The predicted octanol–water partition coefficient (Wildman–Crippen LogP) is 0.965. The molecule has 0 aliphatic heterocycles. The van der Waals surface area contributed by atoms with Crippen LogP contribution in [0.25, 0.3) is 10.9 Å². The number of aromatic amines is 1. The second kappa shape index (κ2) is 2.55. The quantitative estimate of drug-likeness (QED) is 0.680. The van der Waals surface area contributed by atoms with Gasteiger partial charge in [-0.3, -0.25) is 5.10 Å². The fraction of sp³-hybridized carbons (Fsp3) is 0.125. The van der Waals surface area contributed by atoms with Crippen LogP contribution in [0.15, 0.2) is 12.3 Å². The third kappa shape index (κ3) is 1.14. The number of pyridine rings is 1. The number of aryl methyl sites for hydroxylation is 1. The monoisotopic (exact) mass is 177 g/mol. The minimum atomic E-state index is -1.03. The van der Waals surface area contributed by atoms with E-state index in [9.17, 15) is 4.79 Å². The molecule has 0 aliphatic carbocycles. The number of hydrogen-bond donors (Lipinski definition) is 2. The topological polar surface area (TPSA) is 78.9 Å². The number of fused-ring (bicyclic) bond motifs is 1. The summed E-state index contributed by atoms with van der Waals surface area (Å²) in [6.07, 6.45) is 1.46. The lowest BCUT2D eigenvalue weighted by Crippen LogP contribution is -2.01. The molecule has 66 valence electrons. The number of hydrogen-bond acceptors (Lipinski definition) is 3. The Morgan fingerprint density at radius 2 is 2.38 bits per heavy atom. The molecule has 0 unspecified atom stereocenters. The van der Waals surface area contributed by atoms with Gasteiger partial charge >= 0.3 is 5.97 Å². The van der Waals surface area contributed by atoms with Crippen molar-refractivity contribution in [1.29, 1.82) is 0 Å². The van der Waals surface area contributed by atoms with Crippen LogP contribution in [0, 0.1) is 6.92 Å². The maximum Gasteiger partial charge on any atom is 0.355 e. The Labute approximate surface area is 73.4 Å². The van der Waals surface area contributed by atoms with E-state index < -0.39 is 5.97 Å². The van der Waals surface area contributed by atoms with Crippen molar-refractivity contribution in [2.75, 3.05) is 0 Å². The molecule has 0 atom stereocenters. The van der Waals surface area contributed by atoms with E-state index in [-0.39, 0.29) is 5.69 Å². The first-order chi connectivity index (χ1) is 6.18. The molecule has 5 heteroatoms. The third-order valence-corrected chi connectivity index (χ3v) is 1.77. The zero-order valence-electron chi connectivity index (χ0n) is 6.90. The summed E-state index contributed by atoms with van der Waals surface area (Å²) in [5.74, 6) is -1.03. The highest BCUT2D eigenvalue weighted by atomic mass is 16.4. The normalized spacial score (nSPS) is 10.5. The number of carboxylic acid groups (broad SMARTS) is 1. The van der Waals surface area contributed by atoms with Gasteiger partial charge in [0, 0.05) is 5.69 Å². The summed E-state index contributed by atoms with van der Waals surface area (Å²) >= 11 is 0. The molecule has 2 aromatic heterocycles. The third-order valence-electron chi connectivity index (χ3n) is 1.77. The van der Waals surface area contributed by atoms with Crippen LogP contribution in [-0.4, -0.2) is 26.3 Å². The molecule has 2 heterocycles. The molecule has 0 aliphatic rings. The van der Waals surface area contributed by atoms with E-state index in [0.29, 0.717) is 16.6 Å². The van der Waals surface area contributed by atoms with Gasteiger partial charge in [-0.25, -0.2) is 9.78 Å². The number of rotatable bonds is 1. The van der Waals surface area contributed by atoms with Gasteiger partial charge in [0.25, 0.3) is 0 Å². The Morgan fingerprint density at radius 1 is 1.62 bits per heavy atom. The Kier molecular flexibility index (Phi) is 1.51. The second-order valence-electron chi connectivity index (χ2n) is 2.75. The van der Waals surface area contributed by atoms with Gasteiger partial charge in [-0.05, 0) is 13.0 Å². The average molecular weight is 177 g/mol. The molecule has 0 saturated heterocycles. The molecule has 0 bridgehead atoms. The zero-order chi connectivity index (χ0) is 9.42. The fourth-order valence-electron chi connectivity index (χ4n) is 1.24. The molecular formula is C8H7N3O2. The van der Waals surface area contributed by atoms with Gasteiger partial charge in [-0.15, -0.1) is 0 Å². The first-order valence-corrected chi connectivity index (χ1v) is 3.72. The van der Waals surface area contributed by atoms with Crippen LogP contribution < -0.4 is 0 Å². The molecule has 2 rings (SSSR count). The van der Waals surface area contributed by atoms with E-state index >= 15 is 0 Å². The van der Waals surface area contributed by atoms with Crippen molar-refractivity contribution >= 4 is 16.9 Å². The van der Waals surface area contributed by atoms with Gasteiger partial charge in [0.05, 0.1) is 17.1 Å². The fourth-order valence-corrected chi connectivity index (χ4v) is 1.24. The lowest BCUT2D eigenvalue weighted by atomic mass is 10.2. The van der Waals surface area contributed by atoms with Gasteiger partial charge in [-0.1, -0.05) is 0 Å². The summed E-state index contributed by atoms with van der Waals surface area (Å²) in [6.45, 7) is 1.74. The number of carboxylic acids is 1. The van der Waals surface area contributed by atoms with Crippen molar-refractivity contribution in [2.45, 2.75) is 6.92 Å². The SMILES string of the molecule is Cc1cc2[nH]ncc2c(C(=O)O)n1. The van der Waals surface area contributed by atoms with Crippen LogP contribution in [-0.2, 0) is 0 Å².